The maximum absolute atomic E-state index is 13.0. The monoisotopic (exact) mass is 413 g/mol. The molecule has 1 aliphatic heterocycles. The van der Waals surface area contributed by atoms with Gasteiger partial charge in [-0.3, -0.25) is 9.59 Å². The molecule has 2 amide bonds. The van der Waals surface area contributed by atoms with Gasteiger partial charge in [-0.05, 0) is 37.6 Å². The number of carbonyl (C=O) groups is 2. The molecule has 7 heteroatoms. The van der Waals surface area contributed by atoms with Crippen molar-refractivity contribution in [2.24, 2.45) is 0 Å². The third-order valence-electron chi connectivity index (χ3n) is 4.83. The van der Waals surface area contributed by atoms with E-state index in [9.17, 15) is 9.59 Å². The maximum atomic E-state index is 13.0. The predicted octanol–water partition coefficient (Wildman–Crippen LogP) is 4.36. The first-order chi connectivity index (χ1) is 13.5. The van der Waals surface area contributed by atoms with Crippen LogP contribution in [-0.2, 0) is 4.79 Å². The van der Waals surface area contributed by atoms with Gasteiger partial charge in [0.2, 0.25) is 5.91 Å². The molecule has 1 saturated heterocycles. The standard InChI is InChI=1S/C21H20ClN3O2S/c1-13(12-25-10-4-7-20(25)26)23-21(27)15-11-17(18-8-9-19(22)28-18)24-16-6-3-2-5-14(15)16/h2-3,5-6,8-9,11,13H,4,7,10,12H2,1H3,(H,23,27). The number of likely N-dealkylation sites (tertiary alicyclic amines) is 1. The zero-order chi connectivity index (χ0) is 19.7. The average molecular weight is 414 g/mol. The van der Waals surface area contributed by atoms with Crippen LogP contribution < -0.4 is 5.32 Å². The predicted molar refractivity (Wildman–Crippen MR) is 113 cm³/mol. The number of halogens is 1. The highest BCUT2D eigenvalue weighted by Crippen LogP contribution is 2.32. The molecule has 0 bridgehead atoms. The van der Waals surface area contributed by atoms with E-state index < -0.39 is 0 Å². The molecule has 1 fully saturated rings. The van der Waals surface area contributed by atoms with Crippen molar-refractivity contribution >= 4 is 45.7 Å². The lowest BCUT2D eigenvalue weighted by Crippen LogP contribution is -2.42. The van der Waals surface area contributed by atoms with Gasteiger partial charge in [-0.1, -0.05) is 29.8 Å². The number of thiophene rings is 1. The van der Waals surface area contributed by atoms with Gasteiger partial charge in [0.05, 0.1) is 26.0 Å². The normalized spacial score (nSPS) is 15.2. The molecule has 3 aromatic rings. The zero-order valence-electron chi connectivity index (χ0n) is 15.4. The van der Waals surface area contributed by atoms with Crippen LogP contribution in [0, 0.1) is 0 Å². The Bertz CT molecular complexity index is 1050. The molecular weight excluding hydrogens is 394 g/mol. The van der Waals surface area contributed by atoms with Gasteiger partial charge in [-0.15, -0.1) is 11.3 Å². The molecule has 2 aromatic heterocycles. The fraction of sp³-hybridized carbons (Fsp3) is 0.286. The maximum Gasteiger partial charge on any atom is 0.252 e. The van der Waals surface area contributed by atoms with Crippen molar-refractivity contribution in [2.75, 3.05) is 13.1 Å². The summed E-state index contributed by atoms with van der Waals surface area (Å²) in [5, 5.41) is 3.84. The molecule has 1 unspecified atom stereocenters. The Morgan fingerprint density at radius 2 is 2.14 bits per heavy atom. The molecule has 3 heterocycles. The molecule has 0 radical (unpaired) electrons. The van der Waals surface area contributed by atoms with E-state index >= 15 is 0 Å². The van der Waals surface area contributed by atoms with Crippen LogP contribution >= 0.6 is 22.9 Å². The molecule has 1 atom stereocenters. The molecule has 0 aliphatic carbocycles. The third kappa shape index (κ3) is 3.88. The Balaban J connectivity index is 1.62. The third-order valence-corrected chi connectivity index (χ3v) is 6.08. The van der Waals surface area contributed by atoms with Gasteiger partial charge in [0.25, 0.3) is 5.91 Å². The minimum Gasteiger partial charge on any atom is -0.348 e. The molecule has 4 rings (SSSR count). The van der Waals surface area contributed by atoms with Crippen LogP contribution in [0.1, 0.15) is 30.1 Å². The molecular formula is C21H20ClN3O2S. The lowest BCUT2D eigenvalue weighted by Gasteiger charge is -2.22. The van der Waals surface area contributed by atoms with Gasteiger partial charge in [-0.2, -0.15) is 0 Å². The van der Waals surface area contributed by atoms with Crippen molar-refractivity contribution in [1.82, 2.24) is 15.2 Å². The smallest absolute Gasteiger partial charge is 0.252 e. The number of aromatic nitrogens is 1. The number of amides is 2. The summed E-state index contributed by atoms with van der Waals surface area (Å²) in [7, 11) is 0. The van der Waals surface area contributed by atoms with E-state index in [1.54, 1.807) is 0 Å². The molecule has 0 spiro atoms. The molecule has 144 valence electrons. The first-order valence-electron chi connectivity index (χ1n) is 9.25. The first kappa shape index (κ1) is 18.9. The number of hydrogen-bond donors (Lipinski definition) is 1. The minimum atomic E-state index is -0.165. The van der Waals surface area contributed by atoms with E-state index in [2.05, 4.69) is 5.32 Å². The number of nitrogens with zero attached hydrogens (tertiary/aromatic N) is 2. The van der Waals surface area contributed by atoms with Crippen molar-refractivity contribution in [1.29, 1.82) is 0 Å². The van der Waals surface area contributed by atoms with Crippen molar-refractivity contribution in [2.45, 2.75) is 25.8 Å². The van der Waals surface area contributed by atoms with Crippen molar-refractivity contribution in [3.8, 4) is 10.6 Å². The van der Waals surface area contributed by atoms with Crippen LogP contribution in [0.15, 0.2) is 42.5 Å². The number of carbonyl (C=O) groups excluding carboxylic acids is 2. The van der Waals surface area contributed by atoms with Gasteiger partial charge in [0.1, 0.15) is 0 Å². The quantitative estimate of drug-likeness (QED) is 0.676. The van der Waals surface area contributed by atoms with Crippen LogP contribution in [-0.4, -0.2) is 40.8 Å². The highest BCUT2D eigenvalue weighted by Gasteiger charge is 2.23. The van der Waals surface area contributed by atoms with Crippen LogP contribution in [0.4, 0.5) is 0 Å². The van der Waals surface area contributed by atoms with Crippen molar-refractivity contribution in [3.63, 3.8) is 0 Å². The average Bonchev–Trinajstić information content (AvgIpc) is 3.29. The fourth-order valence-electron chi connectivity index (χ4n) is 3.52. The lowest BCUT2D eigenvalue weighted by molar-refractivity contribution is -0.127. The number of hydrogen-bond acceptors (Lipinski definition) is 4. The Morgan fingerprint density at radius 1 is 1.32 bits per heavy atom. The summed E-state index contributed by atoms with van der Waals surface area (Å²) in [5.41, 5.74) is 2.06. The summed E-state index contributed by atoms with van der Waals surface area (Å²) in [4.78, 5) is 32.3. The van der Waals surface area contributed by atoms with E-state index in [0.29, 0.717) is 22.9 Å². The lowest BCUT2D eigenvalue weighted by atomic mass is 10.1. The van der Waals surface area contributed by atoms with Crippen molar-refractivity contribution < 1.29 is 9.59 Å². The Labute approximate surface area is 172 Å². The Hall–Kier alpha value is -2.44. The highest BCUT2D eigenvalue weighted by molar-refractivity contribution is 7.19. The summed E-state index contributed by atoms with van der Waals surface area (Å²) in [6.07, 6.45) is 1.49. The van der Waals surface area contributed by atoms with E-state index in [-0.39, 0.29) is 17.9 Å². The zero-order valence-corrected chi connectivity index (χ0v) is 17.0. The minimum absolute atomic E-state index is 0.138. The van der Waals surface area contributed by atoms with E-state index in [1.807, 2.05) is 54.3 Å². The van der Waals surface area contributed by atoms with Gasteiger partial charge < -0.3 is 10.2 Å². The summed E-state index contributed by atoms with van der Waals surface area (Å²) < 4.78 is 0.680. The highest BCUT2D eigenvalue weighted by atomic mass is 35.5. The van der Waals surface area contributed by atoms with E-state index in [0.717, 1.165) is 34.4 Å². The van der Waals surface area contributed by atoms with Gasteiger partial charge in [0.15, 0.2) is 0 Å². The van der Waals surface area contributed by atoms with Crippen LogP contribution in [0.5, 0.6) is 0 Å². The second kappa shape index (κ2) is 7.89. The summed E-state index contributed by atoms with van der Waals surface area (Å²) in [6, 6.07) is 13.0. The molecule has 1 aliphatic rings. The summed E-state index contributed by atoms with van der Waals surface area (Å²) >= 11 is 7.50. The number of nitrogens with one attached hydrogen (secondary N) is 1. The Morgan fingerprint density at radius 3 is 2.86 bits per heavy atom. The number of pyridine rings is 1. The summed E-state index contributed by atoms with van der Waals surface area (Å²) in [6.45, 7) is 3.22. The number of fused-ring (bicyclic) bond motifs is 1. The van der Waals surface area contributed by atoms with Gasteiger partial charge in [0, 0.05) is 30.9 Å². The van der Waals surface area contributed by atoms with E-state index in [4.69, 9.17) is 16.6 Å². The van der Waals surface area contributed by atoms with Gasteiger partial charge >= 0.3 is 0 Å². The van der Waals surface area contributed by atoms with Crippen LogP contribution in [0.3, 0.4) is 0 Å². The van der Waals surface area contributed by atoms with Crippen LogP contribution in [0.2, 0.25) is 4.34 Å². The van der Waals surface area contributed by atoms with Crippen molar-refractivity contribution in [3.05, 3.63) is 52.4 Å². The second-order valence-electron chi connectivity index (χ2n) is 6.99. The number of benzene rings is 1. The molecule has 1 aromatic carbocycles. The topological polar surface area (TPSA) is 62.3 Å². The second-order valence-corrected chi connectivity index (χ2v) is 8.71. The Kier molecular flexibility index (Phi) is 5.33. The van der Waals surface area contributed by atoms with Crippen LogP contribution in [0.25, 0.3) is 21.5 Å². The number of rotatable bonds is 5. The summed E-state index contributed by atoms with van der Waals surface area (Å²) in [5.74, 6) is -0.00558. The van der Waals surface area contributed by atoms with E-state index in [1.165, 1.54) is 11.3 Å². The fourth-order valence-corrected chi connectivity index (χ4v) is 4.52. The molecule has 1 N–H and O–H groups in total. The first-order valence-corrected chi connectivity index (χ1v) is 10.4. The molecule has 0 saturated carbocycles. The molecule has 5 nitrogen and oxygen atoms in total. The largest absolute Gasteiger partial charge is 0.348 e. The molecule has 28 heavy (non-hydrogen) atoms. The van der Waals surface area contributed by atoms with Gasteiger partial charge in [-0.25, -0.2) is 4.98 Å². The SMILES string of the molecule is CC(CN1CCCC1=O)NC(=O)c1cc(-c2ccc(Cl)s2)nc2ccccc12. The number of para-hydroxylation sites is 1.